The largest absolute Gasteiger partial charge is 0.486 e. The number of anilines is 1. The van der Waals surface area contributed by atoms with Crippen LogP contribution >= 0.6 is 11.3 Å². The second-order valence-electron chi connectivity index (χ2n) is 8.72. The number of carbonyl (C=O) groups excluding carboxylic acids is 1. The Kier molecular flexibility index (Phi) is 5.43. The number of piperidine rings is 1. The average Bonchev–Trinajstić information content (AvgIpc) is 3.21. The van der Waals surface area contributed by atoms with Gasteiger partial charge in [0, 0.05) is 38.2 Å². The average molecular weight is 472 g/mol. The number of sulfonamides is 1. The normalized spacial score (nSPS) is 18.5. The number of likely N-dealkylation sites (tertiary alicyclic amines) is 1. The van der Waals surface area contributed by atoms with Crippen LogP contribution in [0.1, 0.15) is 35.2 Å². The third kappa shape index (κ3) is 4.51. The van der Waals surface area contributed by atoms with E-state index >= 15 is 0 Å². The van der Waals surface area contributed by atoms with E-state index in [1.807, 2.05) is 5.51 Å². The molecule has 5 rings (SSSR count). The second kappa shape index (κ2) is 8.13. The van der Waals surface area contributed by atoms with E-state index in [1.165, 1.54) is 10.3 Å². The maximum absolute atomic E-state index is 12.9. The molecule has 1 saturated heterocycles. The third-order valence-corrected chi connectivity index (χ3v) is 7.67. The number of carbonyl (C=O) groups is 1. The number of nitrogens with one attached hydrogen (secondary N) is 1. The van der Waals surface area contributed by atoms with Crippen LogP contribution in [0, 0.1) is 0 Å². The SMILES string of the molecule is CS(=O)(=O)Nc1ccc2c(c1)C(=O)CC1(CCN(CCc3ccc4ncsc4c3)CC1)O2. The fraction of sp³-hybridized carbons (Fsp3) is 0.391. The molecule has 2 aliphatic heterocycles. The summed E-state index contributed by atoms with van der Waals surface area (Å²) >= 11 is 1.67. The fourth-order valence-corrected chi connectivity index (χ4v) is 5.87. The Balaban J connectivity index is 1.21. The first-order valence-corrected chi connectivity index (χ1v) is 13.4. The van der Waals surface area contributed by atoms with E-state index in [0.29, 0.717) is 23.4 Å². The first kappa shape index (κ1) is 21.4. The van der Waals surface area contributed by atoms with Crippen molar-refractivity contribution in [2.24, 2.45) is 0 Å². The van der Waals surface area contributed by atoms with Gasteiger partial charge in [0.2, 0.25) is 10.0 Å². The predicted octanol–water partition coefficient (Wildman–Crippen LogP) is 3.71. The van der Waals surface area contributed by atoms with Gasteiger partial charge in [-0.1, -0.05) is 6.07 Å². The molecule has 2 aliphatic rings. The first-order valence-electron chi connectivity index (χ1n) is 10.7. The van der Waals surface area contributed by atoms with Crippen LogP contribution < -0.4 is 9.46 Å². The summed E-state index contributed by atoms with van der Waals surface area (Å²) in [5.41, 5.74) is 4.62. The monoisotopic (exact) mass is 471 g/mol. The Labute approximate surface area is 191 Å². The zero-order valence-electron chi connectivity index (χ0n) is 17.8. The Morgan fingerprint density at radius 1 is 1.19 bits per heavy atom. The van der Waals surface area contributed by atoms with Crippen LogP contribution in [-0.4, -0.2) is 55.6 Å². The van der Waals surface area contributed by atoms with E-state index in [0.717, 1.165) is 50.7 Å². The minimum atomic E-state index is -3.40. The molecule has 3 heterocycles. The van der Waals surface area contributed by atoms with Crippen LogP contribution in [0.25, 0.3) is 10.2 Å². The molecular formula is C23H25N3O4S2. The summed E-state index contributed by atoms with van der Waals surface area (Å²) in [7, 11) is -3.40. The highest BCUT2D eigenvalue weighted by Crippen LogP contribution is 2.40. The molecule has 7 nitrogen and oxygen atoms in total. The summed E-state index contributed by atoms with van der Waals surface area (Å²) in [6.07, 6.45) is 4.01. The molecule has 168 valence electrons. The predicted molar refractivity (Wildman–Crippen MR) is 126 cm³/mol. The van der Waals surface area contributed by atoms with Gasteiger partial charge in [0.15, 0.2) is 5.78 Å². The molecule has 2 aromatic carbocycles. The molecule has 0 amide bonds. The molecule has 0 radical (unpaired) electrons. The van der Waals surface area contributed by atoms with Crippen LogP contribution in [0.15, 0.2) is 41.9 Å². The molecular weight excluding hydrogens is 446 g/mol. The molecule has 1 spiro atoms. The summed E-state index contributed by atoms with van der Waals surface area (Å²) in [4.78, 5) is 19.7. The fourth-order valence-electron chi connectivity index (χ4n) is 4.58. The van der Waals surface area contributed by atoms with E-state index in [4.69, 9.17) is 4.74 Å². The van der Waals surface area contributed by atoms with Crippen molar-refractivity contribution in [1.29, 1.82) is 0 Å². The van der Waals surface area contributed by atoms with E-state index < -0.39 is 15.6 Å². The van der Waals surface area contributed by atoms with Gasteiger partial charge in [-0.25, -0.2) is 13.4 Å². The molecule has 0 bridgehead atoms. The lowest BCUT2D eigenvalue weighted by molar-refractivity contribution is -0.00864. The van der Waals surface area contributed by atoms with Gasteiger partial charge in [0.05, 0.1) is 34.0 Å². The number of benzene rings is 2. The van der Waals surface area contributed by atoms with E-state index in [1.54, 1.807) is 29.5 Å². The number of aromatic nitrogens is 1. The molecule has 1 fully saturated rings. The van der Waals surface area contributed by atoms with Crippen molar-refractivity contribution in [3.05, 3.63) is 53.0 Å². The molecule has 0 aliphatic carbocycles. The lowest BCUT2D eigenvalue weighted by atomic mass is 9.82. The standard InChI is InChI=1S/C23H25N3O4S2/c1-32(28,29)25-17-3-5-21-18(13-17)20(27)14-23(30-21)7-10-26(11-8-23)9-6-16-2-4-19-22(12-16)31-15-24-19/h2-5,12-13,15,25H,6-11,14H2,1H3. The third-order valence-electron chi connectivity index (χ3n) is 6.27. The molecule has 32 heavy (non-hydrogen) atoms. The number of fused-ring (bicyclic) bond motifs is 2. The molecule has 0 atom stereocenters. The quantitative estimate of drug-likeness (QED) is 0.610. The highest BCUT2D eigenvalue weighted by molar-refractivity contribution is 7.92. The molecule has 1 aromatic heterocycles. The van der Waals surface area contributed by atoms with E-state index in [2.05, 4.69) is 32.8 Å². The molecule has 3 aromatic rings. The van der Waals surface area contributed by atoms with Gasteiger partial charge >= 0.3 is 0 Å². The highest BCUT2D eigenvalue weighted by atomic mass is 32.2. The van der Waals surface area contributed by atoms with Gasteiger partial charge in [-0.15, -0.1) is 11.3 Å². The number of thiazole rings is 1. The molecule has 0 saturated carbocycles. The van der Waals surface area contributed by atoms with Crippen molar-refractivity contribution in [2.75, 3.05) is 30.6 Å². The number of ether oxygens (including phenoxy) is 1. The zero-order valence-corrected chi connectivity index (χ0v) is 19.5. The number of hydrogen-bond acceptors (Lipinski definition) is 7. The molecule has 0 unspecified atom stereocenters. The summed E-state index contributed by atoms with van der Waals surface area (Å²) < 4.78 is 32.9. The maximum Gasteiger partial charge on any atom is 0.229 e. The zero-order chi connectivity index (χ0) is 22.3. The van der Waals surface area contributed by atoms with Gasteiger partial charge in [-0.2, -0.15) is 0 Å². The number of Topliss-reactive ketones (excluding diaryl/α,β-unsaturated/α-hetero) is 1. The summed E-state index contributed by atoms with van der Waals surface area (Å²) in [5.74, 6) is 0.557. The minimum Gasteiger partial charge on any atom is -0.486 e. The van der Waals surface area contributed by atoms with Crippen LogP contribution in [0.2, 0.25) is 0 Å². The van der Waals surface area contributed by atoms with Gasteiger partial charge in [-0.05, 0) is 42.3 Å². The van der Waals surface area contributed by atoms with Crippen LogP contribution in [-0.2, 0) is 16.4 Å². The highest BCUT2D eigenvalue weighted by Gasteiger charge is 2.42. The minimum absolute atomic E-state index is 0.00899. The Hall–Kier alpha value is -2.49. The smallest absolute Gasteiger partial charge is 0.229 e. The van der Waals surface area contributed by atoms with Gasteiger partial charge in [-0.3, -0.25) is 9.52 Å². The molecule has 9 heteroatoms. The Morgan fingerprint density at radius 3 is 2.78 bits per heavy atom. The van der Waals surface area contributed by atoms with Crippen molar-refractivity contribution < 1.29 is 17.9 Å². The van der Waals surface area contributed by atoms with Crippen molar-refractivity contribution in [3.8, 4) is 5.75 Å². The second-order valence-corrected chi connectivity index (χ2v) is 11.4. The summed E-state index contributed by atoms with van der Waals surface area (Å²) in [6.45, 7) is 2.75. The topological polar surface area (TPSA) is 88.6 Å². The van der Waals surface area contributed by atoms with Gasteiger partial charge in [0.25, 0.3) is 0 Å². The summed E-state index contributed by atoms with van der Waals surface area (Å²) in [5, 5.41) is 0. The maximum atomic E-state index is 12.9. The number of rotatable bonds is 5. The van der Waals surface area contributed by atoms with Gasteiger partial charge < -0.3 is 9.64 Å². The molecule has 1 N–H and O–H groups in total. The van der Waals surface area contributed by atoms with E-state index in [-0.39, 0.29) is 5.78 Å². The first-order chi connectivity index (χ1) is 15.3. The number of ketones is 1. The number of hydrogen-bond donors (Lipinski definition) is 1. The van der Waals surface area contributed by atoms with Crippen molar-refractivity contribution >= 4 is 43.0 Å². The lowest BCUT2D eigenvalue weighted by Gasteiger charge is -2.44. The Bertz CT molecular complexity index is 1280. The van der Waals surface area contributed by atoms with Gasteiger partial charge in [0.1, 0.15) is 11.4 Å². The Morgan fingerprint density at radius 2 is 2.00 bits per heavy atom. The van der Waals surface area contributed by atoms with Crippen LogP contribution in [0.5, 0.6) is 5.75 Å². The van der Waals surface area contributed by atoms with Crippen molar-refractivity contribution in [1.82, 2.24) is 9.88 Å². The summed E-state index contributed by atoms with van der Waals surface area (Å²) in [6, 6.07) is 11.4. The van der Waals surface area contributed by atoms with Crippen LogP contribution in [0.3, 0.4) is 0 Å². The number of nitrogens with zero attached hydrogens (tertiary/aromatic N) is 2. The van der Waals surface area contributed by atoms with Crippen molar-refractivity contribution in [3.63, 3.8) is 0 Å². The van der Waals surface area contributed by atoms with Crippen LogP contribution in [0.4, 0.5) is 5.69 Å². The van der Waals surface area contributed by atoms with E-state index in [9.17, 15) is 13.2 Å². The van der Waals surface area contributed by atoms with Crippen molar-refractivity contribution in [2.45, 2.75) is 31.3 Å². The lowest BCUT2D eigenvalue weighted by Crippen LogP contribution is -2.51.